The zero-order valence-electron chi connectivity index (χ0n) is 25.2. The third kappa shape index (κ3) is 5.91. The van der Waals surface area contributed by atoms with E-state index in [1.165, 1.54) is 6.33 Å². The van der Waals surface area contributed by atoms with E-state index in [1.54, 1.807) is 7.05 Å². The first-order valence-electron chi connectivity index (χ1n) is 14.7. The van der Waals surface area contributed by atoms with Crippen molar-refractivity contribution in [2.75, 3.05) is 12.8 Å². The van der Waals surface area contributed by atoms with E-state index in [1.807, 2.05) is 86.1 Å². The van der Waals surface area contributed by atoms with Crippen molar-refractivity contribution in [3.63, 3.8) is 0 Å². The fraction of sp³-hybridized carbons (Fsp3) is 0.303. The van der Waals surface area contributed by atoms with Crippen LogP contribution in [0.25, 0.3) is 28.0 Å². The van der Waals surface area contributed by atoms with Crippen LogP contribution in [0.3, 0.4) is 0 Å². The average Bonchev–Trinajstić information content (AvgIpc) is 3.66. The van der Waals surface area contributed by atoms with Gasteiger partial charge in [-0.1, -0.05) is 50.2 Å². The van der Waals surface area contributed by atoms with Crippen molar-refractivity contribution in [3.05, 3.63) is 84.5 Å². The smallest absolute Gasteiger partial charge is 0.243 e. The monoisotopic (exact) mass is 592 g/mol. The number of carbonyl (C=O) groups is 1. The lowest BCUT2D eigenvalue weighted by molar-refractivity contribution is -0.124. The molecule has 0 bridgehead atoms. The number of likely N-dealkylation sites (N-methyl/N-ethyl adjacent to an activating group) is 1. The van der Waals surface area contributed by atoms with E-state index in [0.717, 1.165) is 34.9 Å². The highest BCUT2D eigenvalue weighted by Gasteiger charge is 2.29. The molecule has 1 aliphatic rings. The number of rotatable bonds is 8. The van der Waals surface area contributed by atoms with Gasteiger partial charge in [0, 0.05) is 28.8 Å². The van der Waals surface area contributed by atoms with Crippen molar-refractivity contribution in [3.8, 4) is 22.8 Å². The van der Waals surface area contributed by atoms with Gasteiger partial charge in [-0.3, -0.25) is 4.79 Å². The molecule has 0 radical (unpaired) electrons. The molecule has 0 unspecified atom stereocenters. The van der Waals surface area contributed by atoms with Gasteiger partial charge in [-0.15, -0.1) is 0 Å². The lowest BCUT2D eigenvalue weighted by Crippen LogP contribution is -2.42. The van der Waals surface area contributed by atoms with Crippen LogP contribution in [0.4, 0.5) is 5.82 Å². The Kier molecular flexibility index (Phi) is 7.88. The van der Waals surface area contributed by atoms with Gasteiger partial charge in [-0.05, 0) is 62.7 Å². The first-order chi connectivity index (χ1) is 21.2. The molecular formula is C33H36N8O3. The van der Waals surface area contributed by atoms with E-state index in [9.17, 15) is 4.79 Å². The molecule has 4 N–H and O–H groups in total. The summed E-state index contributed by atoms with van der Waals surface area (Å²) < 4.78 is 13.3. The van der Waals surface area contributed by atoms with E-state index in [-0.39, 0.29) is 17.4 Å². The Morgan fingerprint density at radius 1 is 1.09 bits per heavy atom. The zero-order valence-corrected chi connectivity index (χ0v) is 25.2. The number of hydrogen-bond donors (Lipinski definition) is 3. The standard InChI is InChI=1S/C33H36N8O3/c1-33(2,3)26-18-25(40-44-26)29(35-4)32(42)38-21-12-14-22(15-13-21)41-31-27(30(34)36-19-37-31)28(39-41)20-10-16-24(17-11-20)43-23-8-6-5-7-9-23/h5-11,14,16-19,21,29,35H,12-13,15H2,1-4H3,(H,38,42)(H2,34,36,37)/t21-,29-/m0/s1. The minimum atomic E-state index is -0.609. The molecule has 11 nitrogen and oxygen atoms in total. The molecule has 0 fully saturated rings. The molecule has 3 heterocycles. The third-order valence-electron chi connectivity index (χ3n) is 7.72. The second kappa shape index (κ2) is 11.9. The summed E-state index contributed by atoms with van der Waals surface area (Å²) >= 11 is 0. The Morgan fingerprint density at radius 2 is 1.84 bits per heavy atom. The van der Waals surface area contributed by atoms with Crippen LogP contribution in [0.1, 0.15) is 57.5 Å². The number of allylic oxidation sites excluding steroid dienone is 1. The maximum atomic E-state index is 13.2. The second-order valence-corrected chi connectivity index (χ2v) is 11.9. The molecule has 0 saturated carbocycles. The van der Waals surface area contributed by atoms with Crippen LogP contribution in [0, 0.1) is 0 Å². The van der Waals surface area contributed by atoms with Gasteiger partial charge in [0.1, 0.15) is 46.8 Å². The fourth-order valence-electron chi connectivity index (χ4n) is 5.30. The summed E-state index contributed by atoms with van der Waals surface area (Å²) in [5.74, 6) is 2.44. The summed E-state index contributed by atoms with van der Waals surface area (Å²) in [6, 6.07) is 18.6. The molecule has 44 heavy (non-hydrogen) atoms. The first-order valence-corrected chi connectivity index (χ1v) is 14.7. The third-order valence-corrected chi connectivity index (χ3v) is 7.72. The van der Waals surface area contributed by atoms with Crippen molar-refractivity contribution < 1.29 is 14.1 Å². The Hall–Kier alpha value is -5.03. The van der Waals surface area contributed by atoms with Crippen LogP contribution >= 0.6 is 0 Å². The second-order valence-electron chi connectivity index (χ2n) is 11.9. The molecule has 11 heteroatoms. The Morgan fingerprint density at radius 3 is 2.50 bits per heavy atom. The molecular weight excluding hydrogens is 556 g/mol. The zero-order chi connectivity index (χ0) is 30.8. The number of carbonyl (C=O) groups excluding carboxylic acids is 1. The van der Waals surface area contributed by atoms with Crippen LogP contribution in [-0.4, -0.2) is 43.9 Å². The van der Waals surface area contributed by atoms with Crippen molar-refractivity contribution >= 4 is 28.5 Å². The SMILES string of the molecule is CN[C@H](C(=O)N[C@H]1CC=C(n2nc(-c3ccc(Oc4ccccc4)cc3)c3c(N)ncnc32)CC1)c1cc(C(C)(C)C)on1. The number of nitrogen functional groups attached to an aromatic ring is 1. The van der Waals surface area contributed by atoms with Gasteiger partial charge in [-0.25, -0.2) is 14.6 Å². The molecule has 1 aliphatic carbocycles. The van der Waals surface area contributed by atoms with Gasteiger partial charge in [0.05, 0.1) is 5.39 Å². The summed E-state index contributed by atoms with van der Waals surface area (Å²) in [6.07, 6.45) is 5.63. The van der Waals surface area contributed by atoms with Crippen LogP contribution in [0.15, 0.2) is 77.6 Å². The fourth-order valence-corrected chi connectivity index (χ4v) is 5.30. The van der Waals surface area contributed by atoms with Gasteiger partial charge in [-0.2, -0.15) is 5.10 Å². The van der Waals surface area contributed by atoms with Crippen LogP contribution < -0.4 is 21.1 Å². The Balaban J connectivity index is 1.20. The lowest BCUT2D eigenvalue weighted by Gasteiger charge is -2.25. The Bertz CT molecular complexity index is 1800. The minimum Gasteiger partial charge on any atom is -0.457 e. The number of hydrogen-bond acceptors (Lipinski definition) is 9. The number of ether oxygens (including phenoxy) is 1. The summed E-state index contributed by atoms with van der Waals surface area (Å²) in [7, 11) is 1.74. The highest BCUT2D eigenvalue weighted by Crippen LogP contribution is 2.35. The maximum Gasteiger partial charge on any atom is 0.243 e. The maximum absolute atomic E-state index is 13.2. The summed E-state index contributed by atoms with van der Waals surface area (Å²) in [4.78, 5) is 22.0. The topological polar surface area (TPSA) is 146 Å². The quantitative estimate of drug-likeness (QED) is 0.209. The number of nitrogens with two attached hydrogens (primary N) is 1. The molecule has 1 amide bonds. The predicted octanol–water partition coefficient (Wildman–Crippen LogP) is 5.62. The molecule has 2 aromatic carbocycles. The lowest BCUT2D eigenvalue weighted by atomic mass is 9.92. The van der Waals surface area contributed by atoms with Gasteiger partial charge < -0.3 is 25.6 Å². The summed E-state index contributed by atoms with van der Waals surface area (Å²) in [5.41, 5.74) is 9.91. The number of aromatic nitrogens is 5. The van der Waals surface area contributed by atoms with Gasteiger partial charge in [0.2, 0.25) is 5.91 Å². The van der Waals surface area contributed by atoms with E-state index in [0.29, 0.717) is 41.1 Å². The minimum absolute atomic E-state index is 0.0331. The summed E-state index contributed by atoms with van der Waals surface area (Å²) in [5, 5.41) is 16.0. The largest absolute Gasteiger partial charge is 0.457 e. The summed E-state index contributed by atoms with van der Waals surface area (Å²) in [6.45, 7) is 6.13. The number of nitrogens with zero attached hydrogens (tertiary/aromatic N) is 5. The molecule has 0 aliphatic heterocycles. The van der Waals surface area contributed by atoms with Gasteiger partial charge in [0.15, 0.2) is 5.65 Å². The average molecular weight is 593 g/mol. The van der Waals surface area contributed by atoms with Crippen molar-refractivity contribution in [1.29, 1.82) is 0 Å². The Labute approximate surface area is 255 Å². The number of anilines is 1. The van der Waals surface area contributed by atoms with Crippen molar-refractivity contribution in [1.82, 2.24) is 35.5 Å². The van der Waals surface area contributed by atoms with E-state index in [2.05, 4.69) is 31.8 Å². The van der Waals surface area contributed by atoms with E-state index < -0.39 is 6.04 Å². The number of fused-ring (bicyclic) bond motifs is 1. The van der Waals surface area contributed by atoms with Crippen molar-refractivity contribution in [2.45, 2.75) is 57.5 Å². The molecule has 0 spiro atoms. The highest BCUT2D eigenvalue weighted by atomic mass is 16.5. The van der Waals surface area contributed by atoms with Crippen molar-refractivity contribution in [2.24, 2.45) is 0 Å². The molecule has 6 rings (SSSR count). The van der Waals surface area contributed by atoms with Crippen LogP contribution in [-0.2, 0) is 10.2 Å². The predicted molar refractivity (Wildman–Crippen MR) is 169 cm³/mol. The van der Waals surface area contributed by atoms with Gasteiger partial charge >= 0.3 is 0 Å². The molecule has 226 valence electrons. The number of para-hydroxylation sites is 1. The van der Waals surface area contributed by atoms with Crippen LogP contribution in [0.2, 0.25) is 0 Å². The molecule has 3 aromatic heterocycles. The number of amides is 1. The molecule has 0 saturated heterocycles. The molecule has 2 atom stereocenters. The first kappa shape index (κ1) is 29.1. The van der Waals surface area contributed by atoms with Crippen LogP contribution in [0.5, 0.6) is 11.5 Å². The highest BCUT2D eigenvalue weighted by molar-refractivity contribution is 5.99. The normalized spacial score (nSPS) is 16.0. The number of benzene rings is 2. The van der Waals surface area contributed by atoms with Gasteiger partial charge in [0.25, 0.3) is 0 Å². The van der Waals surface area contributed by atoms with E-state index >= 15 is 0 Å². The number of nitrogens with one attached hydrogen (secondary N) is 2. The van der Waals surface area contributed by atoms with E-state index in [4.69, 9.17) is 20.1 Å². The molecule has 5 aromatic rings.